The predicted molar refractivity (Wildman–Crippen MR) is 77.3 cm³/mol. The normalized spacial score (nSPS) is 20.8. The van der Waals surface area contributed by atoms with Gasteiger partial charge in [-0.05, 0) is 31.2 Å². The average molecular weight is 346 g/mol. The highest BCUT2D eigenvalue weighted by molar-refractivity contribution is 5.62. The molecule has 1 aromatic rings. The molecule has 1 atom stereocenters. The lowest BCUT2D eigenvalue weighted by molar-refractivity contribution is -0.109. The Morgan fingerprint density at radius 1 is 1.46 bits per heavy atom. The lowest BCUT2D eigenvalue weighted by Gasteiger charge is -2.34. The van der Waals surface area contributed by atoms with Crippen molar-refractivity contribution in [3.8, 4) is 17.2 Å². The van der Waals surface area contributed by atoms with E-state index in [1.165, 1.54) is 12.6 Å². The number of nitrogens with zero attached hydrogens (tertiary/aromatic N) is 1. The van der Waals surface area contributed by atoms with E-state index in [9.17, 15) is 13.2 Å². The van der Waals surface area contributed by atoms with Gasteiger partial charge in [-0.1, -0.05) is 0 Å². The summed E-state index contributed by atoms with van der Waals surface area (Å²) in [4.78, 5) is 1.75. The summed E-state index contributed by atoms with van der Waals surface area (Å²) in [7, 11) is 3.14. The molecule has 132 valence electrons. The van der Waals surface area contributed by atoms with E-state index in [-0.39, 0.29) is 6.79 Å². The van der Waals surface area contributed by atoms with Crippen molar-refractivity contribution < 1.29 is 32.6 Å². The van der Waals surface area contributed by atoms with Crippen LogP contribution in [0, 0.1) is 0 Å². The number of hydroxylamine groups is 1. The van der Waals surface area contributed by atoms with Crippen molar-refractivity contribution in [3.05, 3.63) is 29.0 Å². The van der Waals surface area contributed by atoms with Gasteiger partial charge in [-0.2, -0.15) is 13.2 Å². The SMILES string of the molecule is COc1c2c(cc3c1[C@H](/C=C(/NO)C(F)(F)F)N(C)CC3)OCO2. The van der Waals surface area contributed by atoms with E-state index in [2.05, 4.69) is 0 Å². The number of methoxy groups -OCH3 is 1. The van der Waals surface area contributed by atoms with E-state index >= 15 is 0 Å². The summed E-state index contributed by atoms with van der Waals surface area (Å²) < 4.78 is 55.2. The lowest BCUT2D eigenvalue weighted by Crippen LogP contribution is -2.34. The van der Waals surface area contributed by atoms with Crippen LogP contribution < -0.4 is 19.7 Å². The molecule has 0 saturated heterocycles. The van der Waals surface area contributed by atoms with Crippen molar-refractivity contribution in [1.29, 1.82) is 0 Å². The number of rotatable bonds is 3. The zero-order valence-electron chi connectivity index (χ0n) is 13.1. The lowest BCUT2D eigenvalue weighted by atomic mass is 9.90. The van der Waals surface area contributed by atoms with Gasteiger partial charge >= 0.3 is 6.18 Å². The summed E-state index contributed by atoms with van der Waals surface area (Å²) in [6.45, 7) is 0.588. The Labute approximate surface area is 136 Å². The van der Waals surface area contributed by atoms with Gasteiger partial charge in [0, 0.05) is 12.1 Å². The number of alkyl halides is 3. The number of nitrogens with one attached hydrogen (secondary N) is 1. The summed E-state index contributed by atoms with van der Waals surface area (Å²) >= 11 is 0. The van der Waals surface area contributed by atoms with Crippen LogP contribution in [-0.4, -0.2) is 43.8 Å². The fraction of sp³-hybridized carbons (Fsp3) is 0.467. The first-order chi connectivity index (χ1) is 11.4. The topological polar surface area (TPSA) is 63.2 Å². The number of allylic oxidation sites excluding steroid dienone is 1. The number of benzene rings is 1. The molecule has 2 heterocycles. The largest absolute Gasteiger partial charge is 0.492 e. The zero-order chi connectivity index (χ0) is 17.5. The highest BCUT2D eigenvalue weighted by Gasteiger charge is 2.38. The van der Waals surface area contributed by atoms with E-state index in [0.29, 0.717) is 35.8 Å². The number of halogens is 3. The fourth-order valence-electron chi connectivity index (χ4n) is 3.03. The molecule has 0 unspecified atom stereocenters. The molecule has 2 aliphatic heterocycles. The molecule has 2 N–H and O–H groups in total. The summed E-state index contributed by atoms with van der Waals surface area (Å²) in [5.41, 5.74) is 1.42. The molecule has 3 rings (SSSR count). The molecule has 0 aliphatic carbocycles. The smallest absolute Gasteiger partial charge is 0.432 e. The highest BCUT2D eigenvalue weighted by atomic mass is 19.4. The van der Waals surface area contributed by atoms with Crippen molar-refractivity contribution in [2.75, 3.05) is 27.5 Å². The highest BCUT2D eigenvalue weighted by Crippen LogP contribution is 2.50. The quantitative estimate of drug-likeness (QED) is 0.820. The molecule has 0 fully saturated rings. The number of ether oxygens (including phenoxy) is 3. The third-order valence-corrected chi connectivity index (χ3v) is 4.20. The number of hydrogen-bond donors (Lipinski definition) is 2. The summed E-state index contributed by atoms with van der Waals surface area (Å²) in [6.07, 6.45) is -3.13. The predicted octanol–water partition coefficient (Wildman–Crippen LogP) is 2.38. The van der Waals surface area contributed by atoms with Gasteiger partial charge in [0.1, 0.15) is 5.70 Å². The monoisotopic (exact) mass is 346 g/mol. The average Bonchev–Trinajstić information content (AvgIpc) is 2.98. The van der Waals surface area contributed by atoms with Crippen LogP contribution in [0.4, 0.5) is 13.2 Å². The molecular formula is C15H17F3N2O4. The molecule has 0 saturated carbocycles. The van der Waals surface area contributed by atoms with Crippen LogP contribution >= 0.6 is 0 Å². The van der Waals surface area contributed by atoms with Crippen molar-refractivity contribution in [1.82, 2.24) is 10.4 Å². The molecule has 0 spiro atoms. The third-order valence-electron chi connectivity index (χ3n) is 4.20. The third kappa shape index (κ3) is 2.73. The molecule has 24 heavy (non-hydrogen) atoms. The van der Waals surface area contributed by atoms with Crippen molar-refractivity contribution in [3.63, 3.8) is 0 Å². The van der Waals surface area contributed by atoms with Gasteiger partial charge in [0.25, 0.3) is 0 Å². The molecule has 0 amide bonds. The molecule has 0 aromatic heterocycles. The Morgan fingerprint density at radius 3 is 2.83 bits per heavy atom. The minimum atomic E-state index is -4.70. The Bertz CT molecular complexity index is 676. The summed E-state index contributed by atoms with van der Waals surface area (Å²) in [5.74, 6) is 1.26. The molecule has 2 aliphatic rings. The van der Waals surface area contributed by atoms with Crippen LogP contribution in [0.2, 0.25) is 0 Å². The first kappa shape index (κ1) is 16.7. The molecule has 6 nitrogen and oxygen atoms in total. The molecule has 0 bridgehead atoms. The Kier molecular flexibility index (Phi) is 4.22. The summed E-state index contributed by atoms with van der Waals surface area (Å²) in [6, 6.07) is 1.03. The molecule has 0 radical (unpaired) electrons. The maximum atomic E-state index is 13.0. The number of likely N-dealkylation sites (N-methyl/N-ethyl adjacent to an activating group) is 1. The maximum Gasteiger partial charge on any atom is 0.432 e. The second-order valence-corrected chi connectivity index (χ2v) is 5.58. The number of hydrogen-bond acceptors (Lipinski definition) is 6. The zero-order valence-corrected chi connectivity index (χ0v) is 13.1. The van der Waals surface area contributed by atoms with Gasteiger partial charge in [-0.25, -0.2) is 0 Å². The first-order valence-corrected chi connectivity index (χ1v) is 7.25. The minimum Gasteiger partial charge on any atom is -0.492 e. The van der Waals surface area contributed by atoms with Gasteiger partial charge < -0.3 is 14.2 Å². The maximum absolute atomic E-state index is 13.0. The molecular weight excluding hydrogens is 329 g/mol. The van der Waals surface area contributed by atoms with Gasteiger partial charge in [0.15, 0.2) is 11.5 Å². The second kappa shape index (κ2) is 6.06. The number of fused-ring (bicyclic) bond motifs is 2. The van der Waals surface area contributed by atoms with Crippen LogP contribution in [0.5, 0.6) is 17.2 Å². The van der Waals surface area contributed by atoms with Crippen LogP contribution in [-0.2, 0) is 6.42 Å². The fourth-order valence-corrected chi connectivity index (χ4v) is 3.03. The van der Waals surface area contributed by atoms with Crippen LogP contribution in [0.3, 0.4) is 0 Å². The molecule has 1 aromatic carbocycles. The van der Waals surface area contributed by atoms with Crippen molar-refractivity contribution >= 4 is 0 Å². The van der Waals surface area contributed by atoms with E-state index in [1.807, 2.05) is 0 Å². The van der Waals surface area contributed by atoms with Crippen molar-refractivity contribution in [2.24, 2.45) is 0 Å². The second-order valence-electron chi connectivity index (χ2n) is 5.58. The van der Waals surface area contributed by atoms with E-state index in [4.69, 9.17) is 19.4 Å². The van der Waals surface area contributed by atoms with Gasteiger partial charge in [-0.3, -0.25) is 15.6 Å². The van der Waals surface area contributed by atoms with Gasteiger partial charge in [0.2, 0.25) is 12.5 Å². The van der Waals surface area contributed by atoms with E-state index in [0.717, 1.165) is 11.6 Å². The molecule has 9 heteroatoms. The van der Waals surface area contributed by atoms with Crippen LogP contribution in [0.25, 0.3) is 0 Å². The van der Waals surface area contributed by atoms with Crippen LogP contribution in [0.1, 0.15) is 17.2 Å². The van der Waals surface area contributed by atoms with Gasteiger partial charge in [0.05, 0.1) is 13.2 Å². The van der Waals surface area contributed by atoms with E-state index in [1.54, 1.807) is 18.0 Å². The standard InChI is InChI=1S/C15H17F3N2O4/c1-20-4-3-8-5-10-13(24-7-23-10)14(22-2)12(8)9(20)6-11(19-21)15(16,17)18/h5-6,9,19,21H,3-4,7H2,1-2H3/b11-6+/t9-/m0/s1. The Morgan fingerprint density at radius 2 is 2.21 bits per heavy atom. The Balaban J connectivity index is 2.16. The van der Waals surface area contributed by atoms with Gasteiger partial charge in [-0.15, -0.1) is 0 Å². The van der Waals surface area contributed by atoms with Crippen molar-refractivity contribution in [2.45, 2.75) is 18.6 Å². The minimum absolute atomic E-state index is 0.0386. The summed E-state index contributed by atoms with van der Waals surface area (Å²) in [5, 5.41) is 8.88. The van der Waals surface area contributed by atoms with E-state index < -0.39 is 17.9 Å². The Hall–Kier alpha value is -2.13. The van der Waals surface area contributed by atoms with Crippen LogP contribution in [0.15, 0.2) is 17.8 Å². The first-order valence-electron chi connectivity index (χ1n) is 7.25.